The molecule has 0 spiro atoms. The Morgan fingerprint density at radius 2 is 1.81 bits per heavy atom. The van der Waals surface area contributed by atoms with Gasteiger partial charge in [-0.2, -0.15) is 13.2 Å². The number of nitrogens with two attached hydrogens (primary N) is 1. The van der Waals surface area contributed by atoms with Gasteiger partial charge >= 0.3 is 6.18 Å². The Bertz CT molecular complexity index is 369. The first-order valence-electron chi connectivity index (χ1n) is 5.42. The Morgan fingerprint density at radius 3 is 2.31 bits per heavy atom. The molecular formula is C12H14F3N. The molecule has 1 aromatic carbocycles. The van der Waals surface area contributed by atoms with E-state index in [1.54, 1.807) is 6.07 Å². The number of benzene rings is 1. The fourth-order valence-corrected chi connectivity index (χ4v) is 2.10. The highest BCUT2D eigenvalue weighted by Gasteiger charge is 2.36. The van der Waals surface area contributed by atoms with E-state index < -0.39 is 17.8 Å². The molecular weight excluding hydrogens is 215 g/mol. The fourth-order valence-electron chi connectivity index (χ4n) is 2.10. The van der Waals surface area contributed by atoms with Crippen LogP contribution in [0.3, 0.4) is 0 Å². The summed E-state index contributed by atoms with van der Waals surface area (Å²) in [5.74, 6) is 0.212. The molecule has 88 valence electrons. The maximum absolute atomic E-state index is 12.7. The van der Waals surface area contributed by atoms with Gasteiger partial charge in [0, 0.05) is 6.04 Å². The Hall–Kier alpha value is -1.03. The van der Waals surface area contributed by atoms with E-state index in [2.05, 4.69) is 0 Å². The van der Waals surface area contributed by atoms with Gasteiger partial charge in [0.05, 0.1) is 5.56 Å². The van der Waals surface area contributed by atoms with Gasteiger partial charge in [-0.1, -0.05) is 24.6 Å². The summed E-state index contributed by atoms with van der Waals surface area (Å²) < 4.78 is 38.2. The van der Waals surface area contributed by atoms with Crippen LogP contribution < -0.4 is 5.73 Å². The second-order valence-electron chi connectivity index (χ2n) is 4.30. The zero-order valence-electron chi connectivity index (χ0n) is 8.80. The molecule has 1 fully saturated rings. The Kier molecular flexibility index (Phi) is 2.93. The van der Waals surface area contributed by atoms with Crippen molar-refractivity contribution in [3.63, 3.8) is 0 Å². The smallest absolute Gasteiger partial charge is 0.324 e. The molecule has 1 aromatic rings. The molecule has 1 atom stereocenters. The normalized spacial score (nSPS) is 19.2. The summed E-state index contributed by atoms with van der Waals surface area (Å²) in [6.07, 6.45) is -1.36. The standard InChI is InChI=1S/C12H14F3N/c13-12(14,15)10-7-2-1-6-9(10)11(16)8-4-3-5-8/h1-2,6-8,11H,3-5,16H2/t11-/m1/s1. The largest absolute Gasteiger partial charge is 0.416 e. The summed E-state index contributed by atoms with van der Waals surface area (Å²) in [4.78, 5) is 0. The molecule has 0 aliphatic heterocycles. The van der Waals surface area contributed by atoms with Crippen LogP contribution in [0.15, 0.2) is 24.3 Å². The Morgan fingerprint density at radius 1 is 1.19 bits per heavy atom. The van der Waals surface area contributed by atoms with Crippen LogP contribution in [0.1, 0.15) is 36.4 Å². The van der Waals surface area contributed by atoms with Gasteiger partial charge in [-0.15, -0.1) is 0 Å². The second kappa shape index (κ2) is 4.09. The first kappa shape index (κ1) is 11.5. The zero-order chi connectivity index (χ0) is 11.8. The molecule has 4 heteroatoms. The van der Waals surface area contributed by atoms with Gasteiger partial charge in [0.1, 0.15) is 0 Å². The maximum atomic E-state index is 12.7. The van der Waals surface area contributed by atoms with Crippen molar-refractivity contribution in [3.05, 3.63) is 35.4 Å². The number of halogens is 3. The molecule has 2 rings (SSSR count). The molecule has 0 saturated heterocycles. The van der Waals surface area contributed by atoms with Gasteiger partial charge in [-0.25, -0.2) is 0 Å². The topological polar surface area (TPSA) is 26.0 Å². The Labute approximate surface area is 92.5 Å². The van der Waals surface area contributed by atoms with E-state index in [4.69, 9.17) is 5.73 Å². The van der Waals surface area contributed by atoms with Crippen LogP contribution >= 0.6 is 0 Å². The maximum Gasteiger partial charge on any atom is 0.416 e. The second-order valence-corrected chi connectivity index (χ2v) is 4.30. The minimum absolute atomic E-state index is 0.212. The molecule has 1 aliphatic carbocycles. The number of hydrogen-bond donors (Lipinski definition) is 1. The van der Waals surface area contributed by atoms with Gasteiger partial charge in [0.15, 0.2) is 0 Å². The third-order valence-electron chi connectivity index (χ3n) is 3.28. The molecule has 0 aromatic heterocycles. The molecule has 0 amide bonds. The van der Waals surface area contributed by atoms with E-state index in [1.165, 1.54) is 12.1 Å². The summed E-state index contributed by atoms with van der Waals surface area (Å²) >= 11 is 0. The quantitative estimate of drug-likeness (QED) is 0.825. The fraction of sp³-hybridized carbons (Fsp3) is 0.500. The lowest BCUT2D eigenvalue weighted by molar-refractivity contribution is -0.138. The van der Waals surface area contributed by atoms with Crippen molar-refractivity contribution in [1.82, 2.24) is 0 Å². The number of rotatable bonds is 2. The van der Waals surface area contributed by atoms with E-state index in [0.717, 1.165) is 25.3 Å². The van der Waals surface area contributed by atoms with Crippen molar-refractivity contribution < 1.29 is 13.2 Å². The number of alkyl halides is 3. The van der Waals surface area contributed by atoms with Crippen LogP contribution in [-0.4, -0.2) is 0 Å². The molecule has 16 heavy (non-hydrogen) atoms. The van der Waals surface area contributed by atoms with Crippen LogP contribution in [0.25, 0.3) is 0 Å². The molecule has 1 saturated carbocycles. The van der Waals surface area contributed by atoms with Crippen LogP contribution in [0.5, 0.6) is 0 Å². The molecule has 1 nitrogen and oxygen atoms in total. The molecule has 0 unspecified atom stereocenters. The van der Waals surface area contributed by atoms with Gasteiger partial charge in [-0.05, 0) is 30.4 Å². The minimum Gasteiger partial charge on any atom is -0.324 e. The third kappa shape index (κ3) is 2.07. The van der Waals surface area contributed by atoms with E-state index >= 15 is 0 Å². The van der Waals surface area contributed by atoms with Crippen LogP contribution in [-0.2, 0) is 6.18 Å². The molecule has 0 radical (unpaired) electrons. The molecule has 0 heterocycles. The first-order valence-corrected chi connectivity index (χ1v) is 5.42. The Balaban J connectivity index is 2.32. The van der Waals surface area contributed by atoms with Gasteiger partial charge < -0.3 is 5.73 Å². The predicted octanol–water partition coefficient (Wildman–Crippen LogP) is 3.51. The lowest BCUT2D eigenvalue weighted by atomic mass is 9.76. The third-order valence-corrected chi connectivity index (χ3v) is 3.28. The lowest BCUT2D eigenvalue weighted by Crippen LogP contribution is -2.28. The first-order chi connectivity index (χ1) is 7.50. The summed E-state index contributed by atoms with van der Waals surface area (Å²) in [5, 5.41) is 0. The van der Waals surface area contributed by atoms with Crippen LogP contribution in [0, 0.1) is 5.92 Å². The zero-order valence-corrected chi connectivity index (χ0v) is 8.80. The molecule has 0 bridgehead atoms. The highest BCUT2D eigenvalue weighted by atomic mass is 19.4. The van der Waals surface area contributed by atoms with E-state index in [9.17, 15) is 13.2 Å². The van der Waals surface area contributed by atoms with E-state index in [0.29, 0.717) is 0 Å². The molecule has 1 aliphatic rings. The average molecular weight is 229 g/mol. The summed E-state index contributed by atoms with van der Waals surface area (Å²) in [6.45, 7) is 0. The van der Waals surface area contributed by atoms with E-state index in [-0.39, 0.29) is 11.5 Å². The van der Waals surface area contributed by atoms with Crippen molar-refractivity contribution in [1.29, 1.82) is 0 Å². The van der Waals surface area contributed by atoms with Gasteiger partial charge in [0.25, 0.3) is 0 Å². The van der Waals surface area contributed by atoms with Crippen molar-refractivity contribution in [2.24, 2.45) is 11.7 Å². The van der Waals surface area contributed by atoms with Gasteiger partial charge in [-0.3, -0.25) is 0 Å². The van der Waals surface area contributed by atoms with Crippen LogP contribution in [0.2, 0.25) is 0 Å². The summed E-state index contributed by atoms with van der Waals surface area (Å²) in [5.41, 5.74) is 5.55. The average Bonchev–Trinajstić information content (AvgIpc) is 2.13. The molecule has 2 N–H and O–H groups in total. The summed E-state index contributed by atoms with van der Waals surface area (Å²) in [6, 6.07) is 5.13. The summed E-state index contributed by atoms with van der Waals surface area (Å²) in [7, 11) is 0. The van der Waals surface area contributed by atoms with Crippen molar-refractivity contribution >= 4 is 0 Å². The van der Waals surface area contributed by atoms with Crippen molar-refractivity contribution in [2.75, 3.05) is 0 Å². The highest BCUT2D eigenvalue weighted by Crippen LogP contribution is 2.41. The SMILES string of the molecule is N[C@@H](c1ccccc1C(F)(F)F)C1CCC1. The number of hydrogen-bond acceptors (Lipinski definition) is 1. The van der Waals surface area contributed by atoms with Crippen molar-refractivity contribution in [2.45, 2.75) is 31.5 Å². The van der Waals surface area contributed by atoms with Crippen LogP contribution in [0.4, 0.5) is 13.2 Å². The predicted molar refractivity (Wildman–Crippen MR) is 55.7 cm³/mol. The monoisotopic (exact) mass is 229 g/mol. The van der Waals surface area contributed by atoms with E-state index in [1.807, 2.05) is 0 Å². The van der Waals surface area contributed by atoms with Gasteiger partial charge in [0.2, 0.25) is 0 Å². The minimum atomic E-state index is -4.31. The highest BCUT2D eigenvalue weighted by molar-refractivity contribution is 5.32. The lowest BCUT2D eigenvalue weighted by Gasteiger charge is -2.32. The van der Waals surface area contributed by atoms with Crippen molar-refractivity contribution in [3.8, 4) is 0 Å².